The second-order valence-electron chi connectivity index (χ2n) is 4.51. The monoisotopic (exact) mass is 235 g/mol. The molecule has 92 valence electrons. The molecule has 0 aromatic carbocycles. The molecule has 2 fully saturated rings. The Morgan fingerprint density at radius 1 is 1.35 bits per heavy atom. The lowest BCUT2D eigenvalue weighted by Crippen LogP contribution is -2.52. The molecule has 17 heavy (non-hydrogen) atoms. The number of terminal acetylenes is 1. The molecular weight excluding hydrogens is 218 g/mol. The van der Waals surface area contributed by atoms with Crippen LogP contribution < -0.4 is 10.6 Å². The standard InChI is InChI=1S/C12H17N3O2/c1-2-5-14-10(16)12(3-4-12)11(17)15-8-6-13-7-9-15/h1,13H,3-9H2,(H,14,16). The first kappa shape index (κ1) is 11.9. The number of carbonyl (C=O) groups excluding carboxylic acids is 2. The molecule has 1 aliphatic carbocycles. The highest BCUT2D eigenvalue weighted by molar-refractivity contribution is 6.07. The van der Waals surface area contributed by atoms with Crippen LogP contribution >= 0.6 is 0 Å². The predicted molar refractivity (Wildman–Crippen MR) is 63.0 cm³/mol. The van der Waals surface area contributed by atoms with Crippen molar-refractivity contribution >= 4 is 11.8 Å². The third-order valence-electron chi connectivity index (χ3n) is 3.35. The van der Waals surface area contributed by atoms with Gasteiger partial charge >= 0.3 is 0 Å². The third-order valence-corrected chi connectivity index (χ3v) is 3.35. The van der Waals surface area contributed by atoms with Crippen molar-refractivity contribution in [2.75, 3.05) is 32.7 Å². The summed E-state index contributed by atoms with van der Waals surface area (Å²) in [5, 5.41) is 5.80. The SMILES string of the molecule is C#CCNC(=O)C1(C(=O)N2CCNCC2)CC1. The van der Waals surface area contributed by atoms with Crippen LogP contribution in [0.1, 0.15) is 12.8 Å². The van der Waals surface area contributed by atoms with E-state index in [4.69, 9.17) is 6.42 Å². The summed E-state index contributed by atoms with van der Waals surface area (Å²) in [5.41, 5.74) is -0.811. The zero-order valence-corrected chi connectivity index (χ0v) is 9.79. The maximum atomic E-state index is 12.3. The van der Waals surface area contributed by atoms with Gasteiger partial charge in [0.05, 0.1) is 6.54 Å². The highest BCUT2D eigenvalue weighted by Gasteiger charge is 2.57. The summed E-state index contributed by atoms with van der Waals surface area (Å²) < 4.78 is 0. The number of nitrogens with zero attached hydrogens (tertiary/aromatic N) is 1. The maximum Gasteiger partial charge on any atom is 0.238 e. The molecule has 2 N–H and O–H groups in total. The summed E-state index contributed by atoms with van der Waals surface area (Å²) >= 11 is 0. The number of rotatable bonds is 3. The fourth-order valence-corrected chi connectivity index (χ4v) is 2.13. The molecule has 5 nitrogen and oxygen atoms in total. The summed E-state index contributed by atoms with van der Waals surface area (Å²) in [6.07, 6.45) is 6.38. The fraction of sp³-hybridized carbons (Fsp3) is 0.667. The van der Waals surface area contributed by atoms with Crippen LogP contribution in [0.3, 0.4) is 0 Å². The van der Waals surface area contributed by atoms with Gasteiger partial charge in [0.2, 0.25) is 11.8 Å². The molecular formula is C12H17N3O2. The third kappa shape index (κ3) is 2.27. The van der Waals surface area contributed by atoms with E-state index in [2.05, 4.69) is 16.6 Å². The molecule has 1 heterocycles. The van der Waals surface area contributed by atoms with E-state index in [0.717, 1.165) is 13.1 Å². The van der Waals surface area contributed by atoms with E-state index >= 15 is 0 Å². The van der Waals surface area contributed by atoms with Gasteiger partial charge in [-0.3, -0.25) is 9.59 Å². The Kier molecular flexibility index (Phi) is 3.34. The van der Waals surface area contributed by atoms with Gasteiger partial charge in [-0.25, -0.2) is 0 Å². The molecule has 0 unspecified atom stereocenters. The van der Waals surface area contributed by atoms with Gasteiger partial charge in [-0.1, -0.05) is 5.92 Å². The van der Waals surface area contributed by atoms with Gasteiger partial charge in [0, 0.05) is 26.2 Å². The van der Waals surface area contributed by atoms with Crippen molar-refractivity contribution in [2.45, 2.75) is 12.8 Å². The van der Waals surface area contributed by atoms with Gasteiger partial charge in [0.25, 0.3) is 0 Å². The van der Waals surface area contributed by atoms with Gasteiger partial charge in [-0.15, -0.1) is 6.42 Å². The second kappa shape index (κ2) is 4.76. The summed E-state index contributed by atoms with van der Waals surface area (Å²) in [7, 11) is 0. The number of amides is 2. The van der Waals surface area contributed by atoms with Crippen LogP contribution in [0.15, 0.2) is 0 Å². The summed E-state index contributed by atoms with van der Waals surface area (Å²) in [6.45, 7) is 3.16. The molecule has 0 bridgehead atoms. The van der Waals surface area contributed by atoms with Gasteiger partial charge in [0.1, 0.15) is 5.41 Å². The number of nitrogens with one attached hydrogen (secondary N) is 2. The van der Waals surface area contributed by atoms with E-state index in [1.54, 1.807) is 4.90 Å². The smallest absolute Gasteiger partial charge is 0.238 e. The van der Waals surface area contributed by atoms with Gasteiger partial charge in [-0.2, -0.15) is 0 Å². The molecule has 0 atom stereocenters. The fourth-order valence-electron chi connectivity index (χ4n) is 2.13. The topological polar surface area (TPSA) is 61.4 Å². The minimum Gasteiger partial charge on any atom is -0.344 e. The van der Waals surface area contributed by atoms with Gasteiger partial charge in [-0.05, 0) is 12.8 Å². The molecule has 2 amide bonds. The highest BCUT2D eigenvalue weighted by atomic mass is 16.2. The normalized spacial score (nSPS) is 21.5. The van der Waals surface area contributed by atoms with Gasteiger partial charge < -0.3 is 15.5 Å². The Morgan fingerprint density at radius 2 is 2.00 bits per heavy atom. The van der Waals surface area contributed by atoms with Crippen molar-refractivity contribution in [2.24, 2.45) is 5.41 Å². The number of hydrogen-bond acceptors (Lipinski definition) is 3. The van der Waals surface area contributed by atoms with Crippen LogP contribution in [0, 0.1) is 17.8 Å². The van der Waals surface area contributed by atoms with E-state index in [0.29, 0.717) is 25.9 Å². The number of carbonyl (C=O) groups is 2. The minimum absolute atomic E-state index is 0.0338. The highest BCUT2D eigenvalue weighted by Crippen LogP contribution is 2.47. The lowest BCUT2D eigenvalue weighted by atomic mass is 10.0. The van der Waals surface area contributed by atoms with Crippen LogP contribution in [0.2, 0.25) is 0 Å². The maximum absolute atomic E-state index is 12.3. The average molecular weight is 235 g/mol. The van der Waals surface area contributed by atoms with E-state index in [-0.39, 0.29) is 18.4 Å². The quantitative estimate of drug-likeness (QED) is 0.484. The molecule has 1 saturated heterocycles. The van der Waals surface area contributed by atoms with E-state index < -0.39 is 5.41 Å². The van der Waals surface area contributed by atoms with Crippen molar-refractivity contribution in [3.63, 3.8) is 0 Å². The summed E-state index contributed by atoms with van der Waals surface area (Å²) in [5.74, 6) is 2.11. The Bertz CT molecular complexity index is 362. The zero-order valence-electron chi connectivity index (χ0n) is 9.79. The molecule has 0 aromatic heterocycles. The van der Waals surface area contributed by atoms with E-state index in [1.165, 1.54) is 0 Å². The Morgan fingerprint density at radius 3 is 2.53 bits per heavy atom. The summed E-state index contributed by atoms with van der Waals surface area (Å²) in [4.78, 5) is 25.9. The average Bonchev–Trinajstić information content (AvgIpc) is 3.17. The molecule has 0 radical (unpaired) electrons. The van der Waals surface area contributed by atoms with Crippen LogP contribution in [0.25, 0.3) is 0 Å². The van der Waals surface area contributed by atoms with Crippen LogP contribution in [-0.4, -0.2) is 49.4 Å². The van der Waals surface area contributed by atoms with Crippen LogP contribution in [0.4, 0.5) is 0 Å². The Balaban J connectivity index is 1.98. The minimum atomic E-state index is -0.811. The van der Waals surface area contributed by atoms with E-state index in [1.807, 2.05) is 0 Å². The van der Waals surface area contributed by atoms with Gasteiger partial charge in [0.15, 0.2) is 0 Å². The zero-order chi connectivity index (χ0) is 12.3. The van der Waals surface area contributed by atoms with Crippen molar-refractivity contribution in [1.29, 1.82) is 0 Å². The van der Waals surface area contributed by atoms with Crippen LogP contribution in [0.5, 0.6) is 0 Å². The first-order valence-electron chi connectivity index (χ1n) is 5.92. The first-order chi connectivity index (χ1) is 8.20. The molecule has 2 rings (SSSR count). The Labute approximate surface area is 101 Å². The molecule has 1 saturated carbocycles. The largest absolute Gasteiger partial charge is 0.344 e. The predicted octanol–water partition coefficient (Wildman–Crippen LogP) is -1.05. The summed E-state index contributed by atoms with van der Waals surface area (Å²) in [6, 6.07) is 0. The van der Waals surface area contributed by atoms with Crippen molar-refractivity contribution < 1.29 is 9.59 Å². The van der Waals surface area contributed by atoms with Crippen molar-refractivity contribution in [3.8, 4) is 12.3 Å². The second-order valence-corrected chi connectivity index (χ2v) is 4.51. The molecule has 1 aliphatic heterocycles. The van der Waals surface area contributed by atoms with E-state index in [9.17, 15) is 9.59 Å². The molecule has 2 aliphatic rings. The first-order valence-corrected chi connectivity index (χ1v) is 5.92. The lowest BCUT2D eigenvalue weighted by Gasteiger charge is -2.30. The number of piperazine rings is 1. The van der Waals surface area contributed by atoms with Crippen LogP contribution in [-0.2, 0) is 9.59 Å². The lowest BCUT2D eigenvalue weighted by molar-refractivity contribution is -0.144. The molecule has 0 spiro atoms. The number of hydrogen-bond donors (Lipinski definition) is 2. The Hall–Kier alpha value is -1.54. The molecule has 0 aromatic rings. The van der Waals surface area contributed by atoms with Crippen molar-refractivity contribution in [3.05, 3.63) is 0 Å². The molecule has 5 heteroatoms. The van der Waals surface area contributed by atoms with Crippen molar-refractivity contribution in [1.82, 2.24) is 15.5 Å².